The lowest BCUT2D eigenvalue weighted by molar-refractivity contribution is 0.424. The molecule has 4 heteroatoms. The van der Waals surface area contributed by atoms with Gasteiger partial charge in [-0.15, -0.1) is 11.3 Å². The second-order valence-electron chi connectivity index (χ2n) is 2.62. The zero-order valence-corrected chi connectivity index (χ0v) is 7.03. The molecule has 3 nitrogen and oxygen atoms in total. The third-order valence-corrected chi connectivity index (χ3v) is 2.45. The van der Waals surface area contributed by atoms with Gasteiger partial charge < -0.3 is 10.6 Å². The van der Waals surface area contributed by atoms with Crippen LogP contribution in [0.3, 0.4) is 0 Å². The van der Waals surface area contributed by atoms with Crippen molar-refractivity contribution in [3.05, 3.63) is 16.6 Å². The molecule has 0 spiro atoms. The molecule has 2 rings (SSSR count). The minimum atomic E-state index is 0.426. The van der Waals surface area contributed by atoms with Crippen molar-refractivity contribution in [2.24, 2.45) is 0 Å². The van der Waals surface area contributed by atoms with Gasteiger partial charge in [-0.3, -0.25) is 0 Å². The van der Waals surface area contributed by atoms with E-state index in [2.05, 4.69) is 21.0 Å². The summed E-state index contributed by atoms with van der Waals surface area (Å²) in [5.41, 5.74) is 3.05. The number of piperazine rings is 1. The van der Waals surface area contributed by atoms with E-state index >= 15 is 0 Å². The molecule has 0 aromatic carbocycles. The third kappa shape index (κ3) is 1.58. The predicted octanol–water partition coefficient (Wildman–Crippen LogP) is 0.377. The highest BCUT2D eigenvalue weighted by Gasteiger charge is 2.14. The van der Waals surface area contributed by atoms with Crippen LogP contribution in [0.15, 0.2) is 10.9 Å². The molecule has 0 bridgehead atoms. The second-order valence-corrected chi connectivity index (χ2v) is 3.34. The first-order valence-corrected chi connectivity index (χ1v) is 4.73. The molecule has 0 amide bonds. The molecular weight excluding hydrogens is 158 g/mol. The zero-order valence-electron chi connectivity index (χ0n) is 6.21. The Bertz CT molecular complexity index is 203. The van der Waals surface area contributed by atoms with E-state index in [1.165, 1.54) is 5.69 Å². The number of thiazole rings is 1. The first kappa shape index (κ1) is 7.21. The summed E-state index contributed by atoms with van der Waals surface area (Å²) in [7, 11) is 0. The van der Waals surface area contributed by atoms with E-state index in [-0.39, 0.29) is 0 Å². The lowest BCUT2D eigenvalue weighted by Gasteiger charge is -2.22. The third-order valence-electron chi connectivity index (χ3n) is 1.85. The fourth-order valence-corrected chi connectivity index (χ4v) is 1.86. The van der Waals surface area contributed by atoms with Gasteiger partial charge in [0.15, 0.2) is 0 Å². The van der Waals surface area contributed by atoms with Crippen LogP contribution in [-0.2, 0) is 0 Å². The highest BCUT2D eigenvalue weighted by Crippen LogP contribution is 2.12. The predicted molar refractivity (Wildman–Crippen MR) is 45.7 cm³/mol. The van der Waals surface area contributed by atoms with Gasteiger partial charge in [0, 0.05) is 25.0 Å². The SMILES string of the molecule is c1nc(C2CNCCN2)cs1. The summed E-state index contributed by atoms with van der Waals surface area (Å²) in [6.45, 7) is 3.12. The summed E-state index contributed by atoms with van der Waals surface area (Å²) < 4.78 is 0. The lowest BCUT2D eigenvalue weighted by Crippen LogP contribution is -2.42. The van der Waals surface area contributed by atoms with Gasteiger partial charge in [0.05, 0.1) is 17.2 Å². The molecule has 0 radical (unpaired) electrons. The average Bonchev–Trinajstić information content (AvgIpc) is 2.58. The van der Waals surface area contributed by atoms with Crippen molar-refractivity contribution >= 4 is 11.3 Å². The topological polar surface area (TPSA) is 37.0 Å². The van der Waals surface area contributed by atoms with Crippen LogP contribution in [0.1, 0.15) is 11.7 Å². The Morgan fingerprint density at radius 3 is 3.18 bits per heavy atom. The maximum atomic E-state index is 4.26. The molecule has 11 heavy (non-hydrogen) atoms. The molecule has 1 unspecified atom stereocenters. The minimum Gasteiger partial charge on any atom is -0.314 e. The van der Waals surface area contributed by atoms with Crippen molar-refractivity contribution in [1.29, 1.82) is 0 Å². The number of hydrogen-bond donors (Lipinski definition) is 2. The van der Waals surface area contributed by atoms with Gasteiger partial charge in [-0.25, -0.2) is 4.98 Å². The summed E-state index contributed by atoms with van der Waals surface area (Å²) >= 11 is 1.65. The molecule has 2 heterocycles. The molecule has 1 saturated heterocycles. The summed E-state index contributed by atoms with van der Waals surface area (Å²) in [5.74, 6) is 0. The maximum Gasteiger partial charge on any atom is 0.0795 e. The molecule has 1 aliphatic rings. The monoisotopic (exact) mass is 169 g/mol. The lowest BCUT2D eigenvalue weighted by atomic mass is 10.2. The highest BCUT2D eigenvalue weighted by atomic mass is 32.1. The van der Waals surface area contributed by atoms with Gasteiger partial charge in [-0.2, -0.15) is 0 Å². The van der Waals surface area contributed by atoms with Crippen LogP contribution >= 0.6 is 11.3 Å². The fraction of sp³-hybridized carbons (Fsp3) is 0.571. The summed E-state index contributed by atoms with van der Waals surface area (Å²) in [6, 6.07) is 0.426. The number of nitrogens with one attached hydrogen (secondary N) is 2. The quantitative estimate of drug-likeness (QED) is 0.638. The van der Waals surface area contributed by atoms with Crippen molar-refractivity contribution in [3.8, 4) is 0 Å². The molecule has 1 fully saturated rings. The van der Waals surface area contributed by atoms with E-state index in [0.29, 0.717) is 6.04 Å². The summed E-state index contributed by atoms with van der Waals surface area (Å²) in [5, 5.41) is 8.83. The van der Waals surface area contributed by atoms with Crippen LogP contribution in [0.2, 0.25) is 0 Å². The molecule has 1 atom stereocenters. The highest BCUT2D eigenvalue weighted by molar-refractivity contribution is 7.07. The number of rotatable bonds is 1. The fourth-order valence-electron chi connectivity index (χ4n) is 1.26. The molecule has 0 saturated carbocycles. The Hall–Kier alpha value is -0.450. The van der Waals surface area contributed by atoms with E-state index in [1.807, 2.05) is 5.51 Å². The van der Waals surface area contributed by atoms with Crippen LogP contribution in [0, 0.1) is 0 Å². The minimum absolute atomic E-state index is 0.426. The van der Waals surface area contributed by atoms with Crippen molar-refractivity contribution < 1.29 is 0 Å². The Kier molecular flexibility index (Phi) is 2.16. The number of nitrogens with zero attached hydrogens (tertiary/aromatic N) is 1. The van der Waals surface area contributed by atoms with Gasteiger partial charge in [0.25, 0.3) is 0 Å². The average molecular weight is 169 g/mol. The van der Waals surface area contributed by atoms with E-state index in [1.54, 1.807) is 11.3 Å². The molecular formula is C7H11N3S. The largest absolute Gasteiger partial charge is 0.314 e. The first-order valence-electron chi connectivity index (χ1n) is 3.79. The van der Waals surface area contributed by atoms with Gasteiger partial charge in [0.2, 0.25) is 0 Å². The van der Waals surface area contributed by atoms with Crippen molar-refractivity contribution in [3.63, 3.8) is 0 Å². The van der Waals surface area contributed by atoms with Gasteiger partial charge in [0.1, 0.15) is 0 Å². The van der Waals surface area contributed by atoms with E-state index in [0.717, 1.165) is 19.6 Å². The smallest absolute Gasteiger partial charge is 0.0795 e. The molecule has 0 aliphatic carbocycles. The van der Waals surface area contributed by atoms with Crippen LogP contribution in [-0.4, -0.2) is 24.6 Å². The number of aromatic nitrogens is 1. The number of hydrogen-bond acceptors (Lipinski definition) is 4. The molecule has 1 aromatic rings. The van der Waals surface area contributed by atoms with E-state index in [9.17, 15) is 0 Å². The van der Waals surface area contributed by atoms with Crippen LogP contribution in [0.25, 0.3) is 0 Å². The van der Waals surface area contributed by atoms with Crippen LogP contribution in [0.5, 0.6) is 0 Å². The molecule has 2 N–H and O–H groups in total. The summed E-state index contributed by atoms with van der Waals surface area (Å²) in [6.07, 6.45) is 0. The van der Waals surface area contributed by atoms with Gasteiger partial charge in [-0.05, 0) is 0 Å². The Morgan fingerprint density at radius 2 is 2.55 bits per heavy atom. The normalized spacial score (nSPS) is 25.3. The van der Waals surface area contributed by atoms with E-state index in [4.69, 9.17) is 0 Å². The van der Waals surface area contributed by atoms with Crippen LogP contribution in [0.4, 0.5) is 0 Å². The molecule has 1 aliphatic heterocycles. The molecule has 60 valence electrons. The Morgan fingerprint density at radius 1 is 1.55 bits per heavy atom. The van der Waals surface area contributed by atoms with Gasteiger partial charge >= 0.3 is 0 Å². The van der Waals surface area contributed by atoms with Gasteiger partial charge in [-0.1, -0.05) is 0 Å². The molecule has 1 aromatic heterocycles. The van der Waals surface area contributed by atoms with Crippen LogP contribution < -0.4 is 10.6 Å². The van der Waals surface area contributed by atoms with E-state index < -0.39 is 0 Å². The Labute approximate surface area is 69.8 Å². The van der Waals surface area contributed by atoms with Crippen molar-refractivity contribution in [1.82, 2.24) is 15.6 Å². The van der Waals surface area contributed by atoms with Crippen molar-refractivity contribution in [2.75, 3.05) is 19.6 Å². The summed E-state index contributed by atoms with van der Waals surface area (Å²) in [4.78, 5) is 4.26. The second kappa shape index (κ2) is 3.30. The first-order chi connectivity index (χ1) is 5.47. The maximum absolute atomic E-state index is 4.26. The zero-order chi connectivity index (χ0) is 7.52. The Balaban J connectivity index is 2.04. The standard InChI is InChI=1S/C7H11N3S/c1-2-9-6(3-8-1)7-4-11-5-10-7/h4-6,8-9H,1-3H2. The van der Waals surface area contributed by atoms with Crippen molar-refractivity contribution in [2.45, 2.75) is 6.04 Å².